The average molecular weight is 426 g/mol. The second-order valence-electron chi connectivity index (χ2n) is 7.62. The first-order valence-corrected chi connectivity index (χ1v) is 10.9. The van der Waals surface area contributed by atoms with Gasteiger partial charge in [-0.25, -0.2) is 14.5 Å². The van der Waals surface area contributed by atoms with Gasteiger partial charge >= 0.3 is 5.69 Å². The molecule has 9 heteroatoms. The molecule has 0 atom stereocenters. The zero-order valence-corrected chi connectivity index (χ0v) is 17.2. The first-order valence-electron chi connectivity index (χ1n) is 10.0. The molecule has 2 aliphatic rings. The van der Waals surface area contributed by atoms with Crippen LogP contribution >= 0.6 is 11.3 Å². The Kier molecular flexibility index (Phi) is 5.04. The van der Waals surface area contributed by atoms with Gasteiger partial charge in [0.1, 0.15) is 10.8 Å². The third kappa shape index (κ3) is 3.72. The van der Waals surface area contributed by atoms with E-state index in [0.717, 1.165) is 54.5 Å². The van der Waals surface area contributed by atoms with Crippen molar-refractivity contribution in [3.05, 3.63) is 57.6 Å². The summed E-state index contributed by atoms with van der Waals surface area (Å²) < 4.78 is 12.4. The number of piperidine rings is 1. The Morgan fingerprint density at radius 1 is 1.20 bits per heavy atom. The predicted molar refractivity (Wildman–Crippen MR) is 111 cm³/mol. The van der Waals surface area contributed by atoms with Gasteiger partial charge < -0.3 is 14.4 Å². The number of carbonyl (C=O) groups is 1. The standard InChI is InChI=1S/C21H22N4O4S/c26-19(12-15-3-4-16-17(10-15)29-13-28-16)24-7-5-14(6-8-24)11-18-22-23-21(27)25(18)20-2-1-9-30-20/h1-4,9-10,14H,5-8,11-13H2,(H,23,27). The number of benzene rings is 1. The van der Waals surface area contributed by atoms with E-state index in [0.29, 0.717) is 18.1 Å². The number of amides is 1. The summed E-state index contributed by atoms with van der Waals surface area (Å²) in [5.41, 5.74) is 0.728. The maximum atomic E-state index is 12.7. The van der Waals surface area contributed by atoms with Crippen LogP contribution in [0.1, 0.15) is 24.2 Å². The van der Waals surface area contributed by atoms with Crippen LogP contribution in [-0.2, 0) is 17.6 Å². The lowest BCUT2D eigenvalue weighted by atomic mass is 9.93. The summed E-state index contributed by atoms with van der Waals surface area (Å²) in [6, 6.07) is 9.50. The van der Waals surface area contributed by atoms with E-state index in [4.69, 9.17) is 9.47 Å². The molecule has 1 N–H and O–H groups in total. The van der Waals surface area contributed by atoms with E-state index < -0.39 is 0 Å². The Labute approximate surface area is 177 Å². The number of likely N-dealkylation sites (tertiary alicyclic amines) is 1. The van der Waals surface area contributed by atoms with Crippen molar-refractivity contribution in [3.63, 3.8) is 0 Å². The number of aromatic amines is 1. The third-order valence-electron chi connectivity index (χ3n) is 5.70. The van der Waals surface area contributed by atoms with Crippen molar-refractivity contribution in [2.24, 2.45) is 5.92 Å². The van der Waals surface area contributed by atoms with Crippen LogP contribution < -0.4 is 15.2 Å². The van der Waals surface area contributed by atoms with E-state index in [-0.39, 0.29) is 18.4 Å². The minimum absolute atomic E-state index is 0.127. The van der Waals surface area contributed by atoms with Gasteiger partial charge in [-0.2, -0.15) is 5.10 Å². The molecule has 0 saturated carbocycles. The largest absolute Gasteiger partial charge is 0.454 e. The van der Waals surface area contributed by atoms with Gasteiger partial charge in [0.05, 0.1) is 6.42 Å². The number of rotatable bonds is 5. The fraction of sp³-hybridized carbons (Fsp3) is 0.381. The molecule has 4 heterocycles. The SMILES string of the molecule is O=C(Cc1ccc2c(c1)OCO2)N1CCC(Cc2n[nH]c(=O)n2-c2cccs2)CC1. The van der Waals surface area contributed by atoms with Crippen molar-refractivity contribution >= 4 is 17.2 Å². The number of H-pyrrole nitrogens is 1. The molecule has 0 bridgehead atoms. The molecule has 0 unspecified atom stereocenters. The zero-order valence-electron chi connectivity index (χ0n) is 16.4. The molecule has 0 radical (unpaired) electrons. The summed E-state index contributed by atoms with van der Waals surface area (Å²) in [4.78, 5) is 26.8. The molecule has 1 saturated heterocycles. The van der Waals surface area contributed by atoms with Gasteiger partial charge in [-0.05, 0) is 54.0 Å². The van der Waals surface area contributed by atoms with Crippen LogP contribution in [0.2, 0.25) is 0 Å². The number of aromatic nitrogens is 3. The summed E-state index contributed by atoms with van der Waals surface area (Å²) in [6.45, 7) is 1.68. The van der Waals surface area contributed by atoms with Gasteiger partial charge in [0.2, 0.25) is 12.7 Å². The zero-order chi connectivity index (χ0) is 20.5. The normalized spacial score (nSPS) is 16.2. The summed E-state index contributed by atoms with van der Waals surface area (Å²) in [5, 5.41) is 9.62. The van der Waals surface area contributed by atoms with Crippen molar-refractivity contribution in [2.45, 2.75) is 25.7 Å². The Balaban J connectivity index is 1.18. The molecule has 1 aromatic carbocycles. The number of fused-ring (bicyclic) bond motifs is 1. The van der Waals surface area contributed by atoms with E-state index in [9.17, 15) is 9.59 Å². The molecule has 3 aromatic rings. The van der Waals surface area contributed by atoms with Gasteiger partial charge in [0, 0.05) is 19.5 Å². The van der Waals surface area contributed by atoms with E-state index >= 15 is 0 Å². The van der Waals surface area contributed by atoms with Crippen molar-refractivity contribution in [3.8, 4) is 16.5 Å². The van der Waals surface area contributed by atoms with Crippen LogP contribution in [0.3, 0.4) is 0 Å². The fourth-order valence-corrected chi connectivity index (χ4v) is 4.82. The van der Waals surface area contributed by atoms with Crippen LogP contribution in [0.25, 0.3) is 5.00 Å². The topological polar surface area (TPSA) is 89.5 Å². The third-order valence-corrected chi connectivity index (χ3v) is 6.55. The highest BCUT2D eigenvalue weighted by atomic mass is 32.1. The van der Waals surface area contributed by atoms with Gasteiger partial charge in [0.15, 0.2) is 11.5 Å². The first kappa shape index (κ1) is 18.9. The van der Waals surface area contributed by atoms with E-state index in [1.807, 2.05) is 40.6 Å². The Hall–Kier alpha value is -3.07. The van der Waals surface area contributed by atoms with Crippen molar-refractivity contribution in [1.29, 1.82) is 0 Å². The predicted octanol–water partition coefficient (Wildman–Crippen LogP) is 2.37. The highest BCUT2D eigenvalue weighted by molar-refractivity contribution is 7.12. The molecule has 0 aliphatic carbocycles. The molecule has 0 spiro atoms. The highest BCUT2D eigenvalue weighted by Crippen LogP contribution is 2.33. The number of nitrogens with one attached hydrogen (secondary N) is 1. The lowest BCUT2D eigenvalue weighted by Gasteiger charge is -2.32. The van der Waals surface area contributed by atoms with Gasteiger partial charge in [-0.15, -0.1) is 11.3 Å². The molecular formula is C21H22N4O4S. The quantitative estimate of drug-likeness (QED) is 0.677. The Morgan fingerprint density at radius 2 is 2.03 bits per heavy atom. The monoisotopic (exact) mass is 426 g/mol. The number of hydrogen-bond donors (Lipinski definition) is 1. The molecule has 2 aromatic heterocycles. The summed E-state index contributed by atoms with van der Waals surface area (Å²) in [7, 11) is 0. The molecule has 5 rings (SSSR count). The van der Waals surface area contributed by atoms with Crippen LogP contribution in [-0.4, -0.2) is 45.5 Å². The van der Waals surface area contributed by atoms with E-state index in [1.165, 1.54) is 11.3 Å². The van der Waals surface area contributed by atoms with E-state index in [1.54, 1.807) is 4.57 Å². The van der Waals surface area contributed by atoms with Crippen molar-refractivity contribution in [2.75, 3.05) is 19.9 Å². The van der Waals surface area contributed by atoms with E-state index in [2.05, 4.69) is 10.2 Å². The van der Waals surface area contributed by atoms with Gasteiger partial charge in [-0.3, -0.25) is 4.79 Å². The second-order valence-corrected chi connectivity index (χ2v) is 8.55. The van der Waals surface area contributed by atoms with Gasteiger partial charge in [0.25, 0.3) is 0 Å². The Morgan fingerprint density at radius 3 is 2.83 bits per heavy atom. The molecule has 1 amide bonds. The fourth-order valence-electron chi connectivity index (χ4n) is 4.07. The van der Waals surface area contributed by atoms with Crippen molar-refractivity contribution < 1.29 is 14.3 Å². The highest BCUT2D eigenvalue weighted by Gasteiger charge is 2.25. The number of hydrogen-bond acceptors (Lipinski definition) is 6. The maximum Gasteiger partial charge on any atom is 0.348 e. The molecule has 1 fully saturated rings. The number of nitrogens with zero attached hydrogens (tertiary/aromatic N) is 3. The number of carbonyl (C=O) groups excluding carboxylic acids is 1. The molecule has 2 aliphatic heterocycles. The van der Waals surface area contributed by atoms with Crippen LogP contribution in [0, 0.1) is 5.92 Å². The smallest absolute Gasteiger partial charge is 0.348 e. The first-order chi connectivity index (χ1) is 14.7. The summed E-state index contributed by atoms with van der Waals surface area (Å²) in [5.74, 6) is 2.71. The summed E-state index contributed by atoms with van der Waals surface area (Å²) >= 11 is 1.52. The lowest BCUT2D eigenvalue weighted by molar-refractivity contribution is -0.131. The molecule has 156 valence electrons. The lowest BCUT2D eigenvalue weighted by Crippen LogP contribution is -2.39. The minimum atomic E-state index is -0.205. The van der Waals surface area contributed by atoms with Gasteiger partial charge in [-0.1, -0.05) is 6.07 Å². The average Bonchev–Trinajstić information content (AvgIpc) is 3.49. The second kappa shape index (κ2) is 7.98. The minimum Gasteiger partial charge on any atom is -0.454 e. The van der Waals surface area contributed by atoms with Crippen LogP contribution in [0.5, 0.6) is 11.5 Å². The Bertz CT molecular complexity index is 1100. The number of ether oxygens (including phenoxy) is 2. The van der Waals surface area contributed by atoms with Crippen molar-refractivity contribution in [1.82, 2.24) is 19.7 Å². The van der Waals surface area contributed by atoms with Crippen LogP contribution in [0.4, 0.5) is 0 Å². The molecule has 8 nitrogen and oxygen atoms in total. The molecular weight excluding hydrogens is 404 g/mol. The maximum absolute atomic E-state index is 12.7. The summed E-state index contributed by atoms with van der Waals surface area (Å²) in [6.07, 6.45) is 2.89. The number of thiophene rings is 1. The van der Waals surface area contributed by atoms with Crippen LogP contribution in [0.15, 0.2) is 40.5 Å². The molecule has 30 heavy (non-hydrogen) atoms.